The number of hydrogen-bond donors (Lipinski definition) is 1. The van der Waals surface area contributed by atoms with Gasteiger partial charge in [0.15, 0.2) is 0 Å². The molecule has 3 heteroatoms. The van der Waals surface area contributed by atoms with Crippen LogP contribution < -0.4 is 5.73 Å². The summed E-state index contributed by atoms with van der Waals surface area (Å²) < 4.78 is 5.24. The first-order chi connectivity index (χ1) is 8.75. The number of rotatable bonds is 3. The van der Waals surface area contributed by atoms with Crippen molar-refractivity contribution in [2.45, 2.75) is 13.0 Å². The smallest absolute Gasteiger partial charge is 0.338 e. The molecule has 0 unspecified atom stereocenters. The lowest BCUT2D eigenvalue weighted by molar-refractivity contribution is -0.139. The van der Waals surface area contributed by atoms with Crippen molar-refractivity contribution in [1.29, 1.82) is 0 Å². The Morgan fingerprint density at radius 1 is 1.17 bits per heavy atom. The average Bonchev–Trinajstić information content (AvgIpc) is 2.62. The summed E-state index contributed by atoms with van der Waals surface area (Å²) in [5, 5.41) is 0. The molecule has 92 valence electrons. The van der Waals surface area contributed by atoms with Gasteiger partial charge in [-0.05, 0) is 24.1 Å². The van der Waals surface area contributed by atoms with Crippen LogP contribution in [0.25, 0.3) is 0 Å². The van der Waals surface area contributed by atoms with E-state index in [1.54, 1.807) is 12.2 Å². The van der Waals surface area contributed by atoms with Gasteiger partial charge in [0.25, 0.3) is 0 Å². The highest BCUT2D eigenvalue weighted by Crippen LogP contribution is 2.10. The van der Waals surface area contributed by atoms with Crippen molar-refractivity contribution in [3.63, 3.8) is 0 Å². The van der Waals surface area contributed by atoms with Crippen molar-refractivity contribution < 1.29 is 9.53 Å². The molecule has 2 rings (SSSR count). The lowest BCUT2D eigenvalue weighted by Crippen LogP contribution is -2.06. The van der Waals surface area contributed by atoms with Crippen LogP contribution in [0.3, 0.4) is 0 Å². The van der Waals surface area contributed by atoms with Crippen LogP contribution in [0.1, 0.15) is 12.0 Å². The molecule has 3 nitrogen and oxygen atoms in total. The van der Waals surface area contributed by atoms with Crippen LogP contribution in [0.15, 0.2) is 65.9 Å². The van der Waals surface area contributed by atoms with Gasteiger partial charge in [0.05, 0.1) is 5.57 Å². The number of carbonyl (C=O) groups is 1. The highest BCUT2D eigenvalue weighted by molar-refractivity contribution is 5.91. The van der Waals surface area contributed by atoms with Gasteiger partial charge in [-0.3, -0.25) is 0 Å². The number of ether oxygens (including phenoxy) is 1. The van der Waals surface area contributed by atoms with E-state index in [4.69, 9.17) is 10.5 Å². The fraction of sp³-hybridized carbons (Fsp3) is 0.133. The number of carbonyl (C=O) groups excluding carboxylic acids is 1. The maximum absolute atomic E-state index is 11.8. The molecule has 0 atom stereocenters. The lowest BCUT2D eigenvalue weighted by atomic mass is 10.2. The minimum atomic E-state index is -0.321. The first-order valence-corrected chi connectivity index (χ1v) is 5.80. The number of esters is 1. The van der Waals surface area contributed by atoms with Crippen LogP contribution in [-0.2, 0) is 16.1 Å². The Balaban J connectivity index is 1.93. The summed E-state index contributed by atoms with van der Waals surface area (Å²) >= 11 is 0. The monoisotopic (exact) mass is 241 g/mol. The van der Waals surface area contributed by atoms with Crippen LogP contribution in [0.4, 0.5) is 0 Å². The molecule has 18 heavy (non-hydrogen) atoms. The second-order valence-corrected chi connectivity index (χ2v) is 3.99. The second kappa shape index (κ2) is 5.87. The molecule has 0 aromatic heterocycles. The van der Waals surface area contributed by atoms with Gasteiger partial charge in [-0.2, -0.15) is 0 Å². The van der Waals surface area contributed by atoms with Gasteiger partial charge in [-0.15, -0.1) is 0 Å². The molecule has 1 aromatic carbocycles. The molecule has 0 saturated carbocycles. The molecule has 0 heterocycles. The van der Waals surface area contributed by atoms with Crippen LogP contribution in [0.2, 0.25) is 0 Å². The molecule has 2 N–H and O–H groups in total. The summed E-state index contributed by atoms with van der Waals surface area (Å²) in [5.41, 5.74) is 7.83. The van der Waals surface area contributed by atoms with E-state index in [-0.39, 0.29) is 12.6 Å². The van der Waals surface area contributed by atoms with E-state index in [2.05, 4.69) is 0 Å². The third-order valence-electron chi connectivity index (χ3n) is 2.60. The van der Waals surface area contributed by atoms with Crippen molar-refractivity contribution >= 4 is 5.97 Å². The van der Waals surface area contributed by atoms with Gasteiger partial charge in [-0.25, -0.2) is 4.79 Å². The molecule has 0 amide bonds. The molecule has 0 fully saturated rings. The lowest BCUT2D eigenvalue weighted by Gasteiger charge is -2.05. The van der Waals surface area contributed by atoms with Gasteiger partial charge in [-0.1, -0.05) is 42.5 Å². The summed E-state index contributed by atoms with van der Waals surface area (Å²) in [7, 11) is 0. The molecule has 1 aromatic rings. The first-order valence-electron chi connectivity index (χ1n) is 5.80. The number of hydrogen-bond acceptors (Lipinski definition) is 3. The Bertz CT molecular complexity index is 513. The molecule has 0 spiro atoms. The summed E-state index contributed by atoms with van der Waals surface area (Å²) in [6, 6.07) is 9.60. The molecule has 1 aliphatic rings. The van der Waals surface area contributed by atoms with Gasteiger partial charge in [0.2, 0.25) is 0 Å². The second-order valence-electron chi connectivity index (χ2n) is 3.99. The van der Waals surface area contributed by atoms with Gasteiger partial charge in [0.1, 0.15) is 6.61 Å². The molecule has 0 radical (unpaired) electrons. The van der Waals surface area contributed by atoms with Crippen molar-refractivity contribution in [2.24, 2.45) is 5.73 Å². The summed E-state index contributed by atoms with van der Waals surface area (Å²) in [4.78, 5) is 11.8. The first kappa shape index (κ1) is 12.2. The molecule has 0 bridgehead atoms. The Labute approximate surface area is 106 Å². The third-order valence-corrected chi connectivity index (χ3v) is 2.60. The van der Waals surface area contributed by atoms with Crippen LogP contribution >= 0.6 is 0 Å². The zero-order valence-electron chi connectivity index (χ0n) is 10.0. The normalized spacial score (nSPS) is 14.4. The van der Waals surface area contributed by atoms with Crippen LogP contribution in [0.5, 0.6) is 0 Å². The fourth-order valence-corrected chi connectivity index (χ4v) is 1.60. The SMILES string of the molecule is NC1=CCC=C(C(=O)OCc2ccccc2)C=C1. The summed E-state index contributed by atoms with van der Waals surface area (Å²) in [6.45, 7) is 0.285. The Hall–Kier alpha value is -2.29. The highest BCUT2D eigenvalue weighted by Gasteiger charge is 2.09. The Kier molecular flexibility index (Phi) is 3.97. The van der Waals surface area contributed by atoms with E-state index in [9.17, 15) is 4.79 Å². The predicted octanol–water partition coefficient (Wildman–Crippen LogP) is 2.46. The topological polar surface area (TPSA) is 52.3 Å². The van der Waals surface area contributed by atoms with Crippen molar-refractivity contribution in [2.75, 3.05) is 0 Å². The average molecular weight is 241 g/mol. The Morgan fingerprint density at radius 2 is 1.94 bits per heavy atom. The van der Waals surface area contributed by atoms with Crippen molar-refractivity contribution in [3.05, 3.63) is 71.5 Å². The molecular formula is C15H15NO2. The predicted molar refractivity (Wildman–Crippen MR) is 70.3 cm³/mol. The molecular weight excluding hydrogens is 226 g/mol. The maximum atomic E-state index is 11.8. The van der Waals surface area contributed by atoms with Gasteiger partial charge >= 0.3 is 5.97 Å². The minimum Gasteiger partial charge on any atom is -0.457 e. The zero-order valence-corrected chi connectivity index (χ0v) is 10.0. The summed E-state index contributed by atoms with van der Waals surface area (Å²) in [5.74, 6) is -0.321. The minimum absolute atomic E-state index is 0.285. The van der Waals surface area contributed by atoms with Crippen molar-refractivity contribution in [1.82, 2.24) is 0 Å². The van der Waals surface area contributed by atoms with E-state index in [1.807, 2.05) is 42.5 Å². The fourth-order valence-electron chi connectivity index (χ4n) is 1.60. The maximum Gasteiger partial charge on any atom is 0.338 e. The van der Waals surface area contributed by atoms with E-state index in [0.29, 0.717) is 17.7 Å². The zero-order chi connectivity index (χ0) is 12.8. The third kappa shape index (κ3) is 3.35. The van der Waals surface area contributed by atoms with E-state index < -0.39 is 0 Å². The Morgan fingerprint density at radius 3 is 2.72 bits per heavy atom. The van der Waals surface area contributed by atoms with Crippen molar-refractivity contribution in [3.8, 4) is 0 Å². The van der Waals surface area contributed by atoms with Crippen LogP contribution in [0, 0.1) is 0 Å². The molecule has 1 aliphatic carbocycles. The standard InChI is InChI=1S/C15H15NO2/c16-14-8-4-7-13(9-10-14)15(17)18-11-12-5-2-1-3-6-12/h1-3,5-10H,4,11,16H2. The van der Waals surface area contributed by atoms with E-state index in [1.165, 1.54) is 0 Å². The number of allylic oxidation sites excluding steroid dienone is 3. The van der Waals surface area contributed by atoms with Gasteiger partial charge in [0, 0.05) is 5.70 Å². The molecule has 0 aliphatic heterocycles. The number of benzene rings is 1. The van der Waals surface area contributed by atoms with Crippen LogP contribution in [-0.4, -0.2) is 5.97 Å². The number of nitrogens with two attached hydrogens (primary N) is 1. The molecule has 0 saturated heterocycles. The largest absolute Gasteiger partial charge is 0.457 e. The quantitative estimate of drug-likeness (QED) is 0.827. The van der Waals surface area contributed by atoms with Gasteiger partial charge < -0.3 is 10.5 Å². The van der Waals surface area contributed by atoms with E-state index >= 15 is 0 Å². The highest BCUT2D eigenvalue weighted by atomic mass is 16.5. The van der Waals surface area contributed by atoms with E-state index in [0.717, 1.165) is 5.56 Å². The summed E-state index contributed by atoms with van der Waals surface area (Å²) in [6.07, 6.45) is 7.71.